The van der Waals surface area contributed by atoms with Crippen molar-refractivity contribution in [1.29, 1.82) is 0 Å². The Morgan fingerprint density at radius 2 is 2.45 bits per heavy atom. The second kappa shape index (κ2) is 4.04. The van der Waals surface area contributed by atoms with Crippen molar-refractivity contribution in [2.75, 3.05) is 13.2 Å². The van der Waals surface area contributed by atoms with Gasteiger partial charge < -0.3 is 15.2 Å². The fourth-order valence-corrected chi connectivity index (χ4v) is 1.29. The summed E-state index contributed by atoms with van der Waals surface area (Å²) in [5.74, 6) is 0. The maximum absolute atomic E-state index is 9.07. The molecule has 3 unspecified atom stereocenters. The lowest BCUT2D eigenvalue weighted by Gasteiger charge is -2.28. The Hall–Kier alpha value is -0.120. The molecule has 0 aromatic rings. The molecule has 0 aromatic carbocycles. The van der Waals surface area contributed by atoms with Gasteiger partial charge in [0, 0.05) is 12.6 Å². The van der Waals surface area contributed by atoms with Gasteiger partial charge in [0.25, 0.3) is 0 Å². The van der Waals surface area contributed by atoms with Gasteiger partial charge in [0.1, 0.15) is 0 Å². The first-order valence-electron chi connectivity index (χ1n) is 4.21. The Balaban J connectivity index is 2.17. The Morgan fingerprint density at radius 3 is 2.91 bits per heavy atom. The molecule has 11 heavy (non-hydrogen) atoms. The monoisotopic (exact) mass is 159 g/mol. The van der Waals surface area contributed by atoms with Gasteiger partial charge in [0.15, 0.2) is 0 Å². The highest BCUT2D eigenvalue weighted by Gasteiger charge is 2.18. The van der Waals surface area contributed by atoms with Crippen LogP contribution >= 0.6 is 0 Å². The third-order valence-electron chi connectivity index (χ3n) is 1.90. The van der Waals surface area contributed by atoms with Crippen molar-refractivity contribution in [3.05, 3.63) is 0 Å². The zero-order valence-electron chi connectivity index (χ0n) is 7.21. The quantitative estimate of drug-likeness (QED) is 0.602. The molecule has 0 aliphatic carbocycles. The molecule has 1 saturated heterocycles. The van der Waals surface area contributed by atoms with Gasteiger partial charge >= 0.3 is 0 Å². The summed E-state index contributed by atoms with van der Waals surface area (Å²) in [6, 6.07) is 0.339. The van der Waals surface area contributed by atoms with E-state index < -0.39 is 0 Å². The number of rotatable bonds is 2. The minimum absolute atomic E-state index is 0.232. The van der Waals surface area contributed by atoms with E-state index in [-0.39, 0.29) is 6.10 Å². The van der Waals surface area contributed by atoms with Gasteiger partial charge in [0.2, 0.25) is 0 Å². The van der Waals surface area contributed by atoms with E-state index in [4.69, 9.17) is 9.84 Å². The van der Waals surface area contributed by atoms with E-state index in [0.29, 0.717) is 12.1 Å². The van der Waals surface area contributed by atoms with Crippen LogP contribution in [-0.4, -0.2) is 36.5 Å². The van der Waals surface area contributed by atoms with E-state index in [9.17, 15) is 0 Å². The normalized spacial score (nSPS) is 35.2. The summed E-state index contributed by atoms with van der Waals surface area (Å²) in [7, 11) is 0. The molecular formula is C8H17NO2. The van der Waals surface area contributed by atoms with Crippen LogP contribution < -0.4 is 5.32 Å². The second-order valence-electron chi connectivity index (χ2n) is 3.33. The van der Waals surface area contributed by atoms with Gasteiger partial charge in [0.05, 0.1) is 18.8 Å². The predicted molar refractivity (Wildman–Crippen MR) is 43.5 cm³/mol. The van der Waals surface area contributed by atoms with Gasteiger partial charge in [-0.15, -0.1) is 0 Å². The third kappa shape index (κ3) is 3.18. The maximum Gasteiger partial charge on any atom is 0.0672 e. The van der Waals surface area contributed by atoms with Crippen LogP contribution in [-0.2, 0) is 4.74 Å². The lowest BCUT2D eigenvalue weighted by Crippen LogP contribution is -2.46. The summed E-state index contributed by atoms with van der Waals surface area (Å²) >= 11 is 0. The largest absolute Gasteiger partial charge is 0.393 e. The van der Waals surface area contributed by atoms with E-state index in [0.717, 1.165) is 19.6 Å². The first-order valence-corrected chi connectivity index (χ1v) is 4.21. The molecule has 0 spiro atoms. The highest BCUT2D eigenvalue weighted by atomic mass is 16.5. The molecule has 3 atom stereocenters. The van der Waals surface area contributed by atoms with Crippen LogP contribution in [0.2, 0.25) is 0 Å². The molecule has 0 aromatic heterocycles. The minimum atomic E-state index is -0.232. The van der Waals surface area contributed by atoms with Gasteiger partial charge in [-0.25, -0.2) is 0 Å². The lowest BCUT2D eigenvalue weighted by atomic mass is 10.1. The Labute approximate surface area is 67.7 Å². The van der Waals surface area contributed by atoms with Gasteiger partial charge in [-0.2, -0.15) is 0 Å². The average Bonchev–Trinajstić information content (AvgIpc) is 1.93. The number of nitrogens with one attached hydrogen (secondary N) is 1. The molecule has 1 aliphatic heterocycles. The summed E-state index contributed by atoms with van der Waals surface area (Å²) in [5.41, 5.74) is 0. The Morgan fingerprint density at radius 1 is 1.73 bits per heavy atom. The van der Waals surface area contributed by atoms with E-state index in [1.165, 1.54) is 0 Å². The van der Waals surface area contributed by atoms with Crippen molar-refractivity contribution in [2.24, 2.45) is 0 Å². The van der Waals surface area contributed by atoms with Crippen LogP contribution in [0.3, 0.4) is 0 Å². The van der Waals surface area contributed by atoms with Crippen LogP contribution in [0, 0.1) is 0 Å². The van der Waals surface area contributed by atoms with Crippen LogP contribution in [0.15, 0.2) is 0 Å². The van der Waals surface area contributed by atoms with E-state index >= 15 is 0 Å². The molecule has 0 amide bonds. The highest BCUT2D eigenvalue weighted by molar-refractivity contribution is 4.75. The minimum Gasteiger partial charge on any atom is -0.393 e. The summed E-state index contributed by atoms with van der Waals surface area (Å²) in [4.78, 5) is 0. The van der Waals surface area contributed by atoms with Crippen LogP contribution in [0.25, 0.3) is 0 Å². The van der Waals surface area contributed by atoms with Crippen LogP contribution in [0.5, 0.6) is 0 Å². The van der Waals surface area contributed by atoms with Crippen molar-refractivity contribution >= 4 is 0 Å². The smallest absolute Gasteiger partial charge is 0.0672 e. The predicted octanol–water partition coefficient (Wildman–Crippen LogP) is 0.134. The zero-order valence-corrected chi connectivity index (χ0v) is 7.21. The molecule has 1 rings (SSSR count). The fourth-order valence-electron chi connectivity index (χ4n) is 1.29. The topological polar surface area (TPSA) is 41.5 Å². The highest BCUT2D eigenvalue weighted by Crippen LogP contribution is 2.05. The summed E-state index contributed by atoms with van der Waals surface area (Å²) < 4.78 is 5.42. The van der Waals surface area contributed by atoms with Crippen molar-refractivity contribution in [3.63, 3.8) is 0 Å². The number of ether oxygens (including phenoxy) is 1. The number of morpholine rings is 1. The molecule has 3 nitrogen and oxygen atoms in total. The Kier molecular flexibility index (Phi) is 3.30. The number of hydrogen-bond donors (Lipinski definition) is 2. The van der Waals surface area contributed by atoms with Crippen LogP contribution in [0.1, 0.15) is 20.3 Å². The average molecular weight is 159 g/mol. The maximum atomic E-state index is 9.07. The van der Waals surface area contributed by atoms with E-state index in [1.54, 1.807) is 6.92 Å². The molecule has 1 fully saturated rings. The lowest BCUT2D eigenvalue weighted by molar-refractivity contribution is 0.00377. The molecule has 2 N–H and O–H groups in total. The van der Waals surface area contributed by atoms with Crippen molar-refractivity contribution in [2.45, 2.75) is 38.5 Å². The summed E-state index contributed by atoms with van der Waals surface area (Å²) in [6.45, 7) is 5.48. The zero-order chi connectivity index (χ0) is 8.27. The first kappa shape index (κ1) is 8.97. The van der Waals surface area contributed by atoms with Crippen molar-refractivity contribution < 1.29 is 9.84 Å². The molecule has 66 valence electrons. The second-order valence-corrected chi connectivity index (χ2v) is 3.33. The van der Waals surface area contributed by atoms with E-state index in [2.05, 4.69) is 5.32 Å². The van der Waals surface area contributed by atoms with Gasteiger partial charge in [-0.05, 0) is 20.3 Å². The summed E-state index contributed by atoms with van der Waals surface area (Å²) in [6.07, 6.45) is 0.872. The molecule has 0 saturated carbocycles. The SMILES string of the molecule is CC(O)CC1COC(C)CN1. The summed E-state index contributed by atoms with van der Waals surface area (Å²) in [5, 5.41) is 12.4. The molecule has 3 heteroatoms. The Bertz CT molecular complexity index is 109. The molecule has 0 bridgehead atoms. The number of hydrogen-bond acceptors (Lipinski definition) is 3. The molecule has 0 radical (unpaired) electrons. The van der Waals surface area contributed by atoms with Gasteiger partial charge in [-0.3, -0.25) is 0 Å². The molecule has 1 aliphatic rings. The van der Waals surface area contributed by atoms with Gasteiger partial charge in [-0.1, -0.05) is 0 Å². The standard InChI is InChI=1S/C8H17NO2/c1-6(10)3-8-5-11-7(2)4-9-8/h6-10H,3-5H2,1-2H3. The first-order chi connectivity index (χ1) is 5.18. The van der Waals surface area contributed by atoms with Crippen LogP contribution in [0.4, 0.5) is 0 Å². The number of aliphatic hydroxyl groups excluding tert-OH is 1. The third-order valence-corrected chi connectivity index (χ3v) is 1.90. The molecule has 1 heterocycles. The van der Waals surface area contributed by atoms with Crippen molar-refractivity contribution in [3.8, 4) is 0 Å². The van der Waals surface area contributed by atoms with Crippen molar-refractivity contribution in [1.82, 2.24) is 5.32 Å². The number of aliphatic hydroxyl groups is 1. The molecular weight excluding hydrogens is 142 g/mol. The van der Waals surface area contributed by atoms with E-state index in [1.807, 2.05) is 6.92 Å². The fraction of sp³-hybridized carbons (Fsp3) is 1.00.